The van der Waals surface area contributed by atoms with Gasteiger partial charge >= 0.3 is 0 Å². The van der Waals surface area contributed by atoms with E-state index in [1.165, 1.54) is 11.3 Å². The molecule has 3 aliphatic rings. The number of hydrogen-bond acceptors (Lipinski definition) is 4. The topological polar surface area (TPSA) is 86.8 Å². The first-order valence-corrected chi connectivity index (χ1v) is 13.2. The summed E-state index contributed by atoms with van der Waals surface area (Å²) in [7, 11) is 1.87. The van der Waals surface area contributed by atoms with Crippen molar-refractivity contribution in [2.75, 3.05) is 17.3 Å². The van der Waals surface area contributed by atoms with Crippen molar-refractivity contribution in [1.82, 2.24) is 4.90 Å². The summed E-state index contributed by atoms with van der Waals surface area (Å²) in [6.07, 6.45) is 8.92. The molecule has 0 spiro atoms. The number of nitrogens with one attached hydrogen (secondary N) is 1. The first-order valence-electron chi connectivity index (χ1n) is 13.2. The zero-order valence-corrected chi connectivity index (χ0v) is 21.4. The lowest BCUT2D eigenvalue weighted by Crippen LogP contribution is -2.38. The Hall–Kier alpha value is -3.74. The zero-order valence-electron chi connectivity index (χ0n) is 21.4. The lowest BCUT2D eigenvalue weighted by Gasteiger charge is -2.31. The summed E-state index contributed by atoms with van der Waals surface area (Å²) in [4.78, 5) is 54.6. The van der Waals surface area contributed by atoms with Crippen molar-refractivity contribution in [3.63, 3.8) is 0 Å². The number of hydrogen-bond donors (Lipinski definition) is 1. The van der Waals surface area contributed by atoms with Crippen LogP contribution in [0.15, 0.2) is 60.2 Å². The Morgan fingerprint density at radius 1 is 0.865 bits per heavy atom. The molecule has 0 unspecified atom stereocenters. The first-order chi connectivity index (χ1) is 17.8. The molecule has 0 aromatic heterocycles. The summed E-state index contributed by atoms with van der Waals surface area (Å²) in [6.45, 7) is 1.99. The summed E-state index contributed by atoms with van der Waals surface area (Å²) in [5.41, 5.74) is 3.23. The van der Waals surface area contributed by atoms with Crippen LogP contribution in [0.25, 0.3) is 0 Å². The van der Waals surface area contributed by atoms with Gasteiger partial charge in [0.25, 0.3) is 11.8 Å². The van der Waals surface area contributed by atoms with Gasteiger partial charge in [-0.1, -0.05) is 30.9 Å². The van der Waals surface area contributed by atoms with Crippen LogP contribution in [0.1, 0.15) is 72.6 Å². The third-order valence-corrected chi connectivity index (χ3v) is 8.04. The molecule has 1 N–H and O–H groups in total. The molecular weight excluding hydrogens is 466 g/mol. The Bertz CT molecular complexity index is 1240. The largest absolute Gasteiger partial charge is 0.339 e. The summed E-state index contributed by atoms with van der Waals surface area (Å²) < 4.78 is 0. The van der Waals surface area contributed by atoms with Crippen LogP contribution in [0.4, 0.5) is 11.4 Å². The van der Waals surface area contributed by atoms with Crippen LogP contribution in [0.3, 0.4) is 0 Å². The summed E-state index contributed by atoms with van der Waals surface area (Å²) in [5.74, 6) is -1.23. The molecule has 2 aromatic carbocycles. The lowest BCUT2D eigenvalue weighted by molar-refractivity contribution is -0.122. The van der Waals surface area contributed by atoms with Gasteiger partial charge in [-0.3, -0.25) is 24.1 Å². The molecule has 2 fully saturated rings. The number of imide groups is 1. The second-order valence-electron chi connectivity index (χ2n) is 10.5. The van der Waals surface area contributed by atoms with Crippen LogP contribution in [-0.2, 0) is 9.59 Å². The number of anilines is 2. The number of fused-ring (bicyclic) bond motifs is 1. The number of carbonyl (C=O) groups is 4. The Morgan fingerprint density at radius 3 is 2.16 bits per heavy atom. The maximum Gasteiger partial charge on any atom is 0.255 e. The van der Waals surface area contributed by atoms with Gasteiger partial charge in [-0.05, 0) is 81.1 Å². The molecule has 0 bridgehead atoms. The molecule has 2 aliphatic carbocycles. The number of rotatable bonds is 5. The van der Waals surface area contributed by atoms with Gasteiger partial charge in [0.2, 0.25) is 11.8 Å². The zero-order chi connectivity index (χ0) is 26.1. The van der Waals surface area contributed by atoms with Crippen LogP contribution in [0.2, 0.25) is 0 Å². The van der Waals surface area contributed by atoms with Crippen molar-refractivity contribution >= 4 is 35.0 Å². The fourth-order valence-corrected chi connectivity index (χ4v) is 5.79. The third-order valence-electron chi connectivity index (χ3n) is 8.04. The van der Waals surface area contributed by atoms with Gasteiger partial charge in [0.05, 0.1) is 17.5 Å². The Kier molecular flexibility index (Phi) is 6.96. The van der Waals surface area contributed by atoms with Crippen LogP contribution in [0, 0.1) is 11.8 Å². The van der Waals surface area contributed by atoms with Crippen LogP contribution >= 0.6 is 0 Å². The second-order valence-corrected chi connectivity index (χ2v) is 10.5. The molecule has 4 amide bonds. The fourth-order valence-electron chi connectivity index (χ4n) is 5.79. The van der Waals surface area contributed by atoms with E-state index in [-0.39, 0.29) is 35.5 Å². The van der Waals surface area contributed by atoms with Crippen molar-refractivity contribution in [2.24, 2.45) is 11.8 Å². The molecule has 7 heteroatoms. The minimum absolute atomic E-state index is 0.00263. The van der Waals surface area contributed by atoms with Crippen molar-refractivity contribution in [1.29, 1.82) is 0 Å². The fraction of sp³-hybridized carbons (Fsp3) is 0.400. The molecule has 1 saturated carbocycles. The molecule has 192 valence electrons. The molecule has 2 aromatic rings. The monoisotopic (exact) mass is 499 g/mol. The summed E-state index contributed by atoms with van der Waals surface area (Å²) in [5, 5.41) is 2.85. The van der Waals surface area contributed by atoms with Crippen LogP contribution in [0.5, 0.6) is 0 Å². The maximum absolute atomic E-state index is 12.9. The summed E-state index contributed by atoms with van der Waals surface area (Å²) >= 11 is 0. The van der Waals surface area contributed by atoms with Gasteiger partial charge in [0, 0.05) is 29.9 Å². The third kappa shape index (κ3) is 4.95. The second kappa shape index (κ2) is 10.3. The van der Waals surface area contributed by atoms with Gasteiger partial charge in [0.15, 0.2) is 0 Å². The van der Waals surface area contributed by atoms with E-state index in [1.54, 1.807) is 48.5 Å². The molecule has 37 heavy (non-hydrogen) atoms. The maximum atomic E-state index is 12.9. The van der Waals surface area contributed by atoms with E-state index in [4.69, 9.17) is 0 Å². The van der Waals surface area contributed by atoms with Crippen LogP contribution in [-0.4, -0.2) is 41.6 Å². The Balaban J connectivity index is 1.21. The molecule has 1 aliphatic heterocycles. The number of nitrogens with zero attached hydrogens (tertiary/aromatic N) is 2. The highest BCUT2D eigenvalue weighted by Crippen LogP contribution is 2.39. The van der Waals surface area contributed by atoms with Crippen molar-refractivity contribution < 1.29 is 19.2 Å². The van der Waals surface area contributed by atoms with E-state index < -0.39 is 0 Å². The van der Waals surface area contributed by atoms with Gasteiger partial charge in [-0.2, -0.15) is 0 Å². The van der Waals surface area contributed by atoms with E-state index in [0.717, 1.165) is 31.3 Å². The predicted molar refractivity (Wildman–Crippen MR) is 142 cm³/mol. The Morgan fingerprint density at radius 2 is 1.49 bits per heavy atom. The van der Waals surface area contributed by atoms with E-state index >= 15 is 0 Å². The predicted octanol–water partition coefficient (Wildman–Crippen LogP) is 5.19. The molecular formula is C30H33N3O4. The minimum Gasteiger partial charge on any atom is -0.339 e. The molecule has 2 atom stereocenters. The number of amides is 4. The summed E-state index contributed by atoms with van der Waals surface area (Å²) in [6, 6.07) is 13.8. The molecule has 1 saturated heterocycles. The quantitative estimate of drug-likeness (QED) is 0.453. The van der Waals surface area contributed by atoms with Gasteiger partial charge in [0.1, 0.15) is 0 Å². The first kappa shape index (κ1) is 24.9. The van der Waals surface area contributed by atoms with Gasteiger partial charge in [-0.15, -0.1) is 0 Å². The molecule has 7 nitrogen and oxygen atoms in total. The normalized spacial score (nSPS) is 21.9. The van der Waals surface area contributed by atoms with E-state index in [9.17, 15) is 19.2 Å². The average molecular weight is 500 g/mol. The van der Waals surface area contributed by atoms with E-state index in [2.05, 4.69) is 5.32 Å². The van der Waals surface area contributed by atoms with Gasteiger partial charge in [-0.25, -0.2) is 0 Å². The smallest absolute Gasteiger partial charge is 0.255 e. The van der Waals surface area contributed by atoms with E-state index in [0.29, 0.717) is 41.4 Å². The molecule has 1 heterocycles. The number of allylic oxidation sites excluding steroid dienone is 2. The highest BCUT2D eigenvalue weighted by molar-refractivity contribution is 6.22. The highest BCUT2D eigenvalue weighted by Gasteiger charge is 2.48. The lowest BCUT2D eigenvalue weighted by atomic mass is 9.82. The van der Waals surface area contributed by atoms with Crippen molar-refractivity contribution in [3.8, 4) is 0 Å². The van der Waals surface area contributed by atoms with E-state index in [1.807, 2.05) is 24.9 Å². The number of carbonyl (C=O) groups excluding carboxylic acids is 4. The molecule has 0 radical (unpaired) electrons. The highest BCUT2D eigenvalue weighted by atomic mass is 16.2. The van der Waals surface area contributed by atoms with Crippen LogP contribution < -0.4 is 10.2 Å². The standard InChI is InChI=1S/C30H33N3O4/c1-19-8-17-25-26(18-19)30(37)33(29(25)36)24-15-11-20(12-16-24)27(34)31-22-13-9-21(10-14-22)28(35)32(2)23-6-4-3-5-7-23/h8-16,23,25-26H,3-7,17-18H2,1-2H3,(H,31,34)/t25-,26+/m0/s1. The van der Waals surface area contributed by atoms with Gasteiger partial charge < -0.3 is 10.2 Å². The van der Waals surface area contributed by atoms with Crippen molar-refractivity contribution in [2.45, 2.75) is 57.9 Å². The average Bonchev–Trinajstić information content (AvgIpc) is 3.17. The minimum atomic E-state index is -0.308. The number of benzene rings is 2. The molecule has 5 rings (SSSR count). The SMILES string of the molecule is CC1=CC[C@@H]2C(=O)N(c3ccc(C(=O)Nc4ccc(C(=O)N(C)C5CCCCC5)cc4)cc3)C(=O)[C@@H]2C1. The van der Waals surface area contributed by atoms with Crippen molar-refractivity contribution in [3.05, 3.63) is 71.3 Å². The Labute approximate surface area is 217 Å².